The maximum absolute atomic E-state index is 11.1. The van der Waals surface area contributed by atoms with E-state index in [4.69, 9.17) is 10.2 Å². The van der Waals surface area contributed by atoms with Crippen molar-refractivity contribution in [3.05, 3.63) is 108 Å². The second-order valence-corrected chi connectivity index (χ2v) is 6.66. The molecule has 138 valence electrons. The lowest BCUT2D eigenvalue weighted by Gasteiger charge is -2.24. The number of nitrogens with zero attached hydrogens (tertiary/aromatic N) is 2. The van der Waals surface area contributed by atoms with Crippen LogP contribution < -0.4 is 5.01 Å². The molecule has 0 fully saturated rings. The van der Waals surface area contributed by atoms with Gasteiger partial charge in [-0.3, -0.25) is 5.01 Å². The van der Waals surface area contributed by atoms with Gasteiger partial charge >= 0.3 is 5.97 Å². The third kappa shape index (κ3) is 3.86. The van der Waals surface area contributed by atoms with Crippen LogP contribution in [0.5, 0.6) is 0 Å². The van der Waals surface area contributed by atoms with Crippen LogP contribution in [0.15, 0.2) is 96.1 Å². The highest BCUT2D eigenvalue weighted by molar-refractivity contribution is 6.01. The number of hydrazone groups is 1. The number of carboxylic acids is 1. The summed E-state index contributed by atoms with van der Waals surface area (Å²) in [5.74, 6) is -0.928. The van der Waals surface area contributed by atoms with Gasteiger partial charge in [0.15, 0.2) is 0 Å². The summed E-state index contributed by atoms with van der Waals surface area (Å²) >= 11 is 0. The van der Waals surface area contributed by atoms with E-state index >= 15 is 0 Å². The number of carbonyl (C=O) groups is 1. The normalized spacial score (nSPS) is 16.4. The van der Waals surface area contributed by atoms with Crippen LogP contribution in [-0.2, 0) is 0 Å². The molecule has 0 spiro atoms. The molecule has 3 aromatic rings. The molecule has 0 saturated carbocycles. The summed E-state index contributed by atoms with van der Waals surface area (Å²) in [6, 6.07) is 27.3. The van der Waals surface area contributed by atoms with Gasteiger partial charge < -0.3 is 5.11 Å². The maximum atomic E-state index is 11.1. The van der Waals surface area contributed by atoms with Gasteiger partial charge in [0.2, 0.25) is 0 Å². The molecule has 0 aliphatic carbocycles. The molecular formula is C24H20N2O2. The zero-order chi connectivity index (χ0) is 19.3. The number of carboxylic acid groups (broad SMARTS) is 1. The molecule has 0 bridgehead atoms. The summed E-state index contributed by atoms with van der Waals surface area (Å²) in [5.41, 5.74) is 4.44. The van der Waals surface area contributed by atoms with Crippen LogP contribution >= 0.6 is 0 Å². The van der Waals surface area contributed by atoms with Gasteiger partial charge in [0, 0.05) is 6.42 Å². The molecule has 1 unspecified atom stereocenters. The predicted octanol–water partition coefficient (Wildman–Crippen LogP) is 5.41. The Hall–Kier alpha value is -3.66. The zero-order valence-electron chi connectivity index (χ0n) is 15.3. The second kappa shape index (κ2) is 7.92. The molecule has 0 radical (unpaired) electrons. The Morgan fingerprint density at radius 3 is 2.18 bits per heavy atom. The molecule has 1 aliphatic rings. The minimum atomic E-state index is -0.928. The molecule has 0 aromatic heterocycles. The van der Waals surface area contributed by atoms with Crippen molar-refractivity contribution in [3.8, 4) is 0 Å². The molecule has 1 N–H and O–H groups in total. The van der Waals surface area contributed by atoms with Crippen molar-refractivity contribution in [2.24, 2.45) is 5.10 Å². The molecule has 1 atom stereocenters. The van der Waals surface area contributed by atoms with Crippen LogP contribution in [0.3, 0.4) is 0 Å². The number of hydrogen-bond acceptors (Lipinski definition) is 3. The van der Waals surface area contributed by atoms with Gasteiger partial charge in [-0.25, -0.2) is 4.79 Å². The fraction of sp³-hybridized carbons (Fsp3) is 0.0833. The zero-order valence-corrected chi connectivity index (χ0v) is 15.3. The van der Waals surface area contributed by atoms with Crippen molar-refractivity contribution in [2.75, 3.05) is 5.01 Å². The number of rotatable bonds is 5. The van der Waals surface area contributed by atoms with E-state index in [-0.39, 0.29) is 11.6 Å². The molecule has 4 heteroatoms. The van der Waals surface area contributed by atoms with Crippen LogP contribution in [-0.4, -0.2) is 16.8 Å². The number of anilines is 1. The monoisotopic (exact) mass is 368 g/mol. The summed E-state index contributed by atoms with van der Waals surface area (Å²) in [5, 5.41) is 15.9. The molecule has 3 aromatic carbocycles. The van der Waals surface area contributed by atoms with E-state index in [0.29, 0.717) is 0 Å². The van der Waals surface area contributed by atoms with Crippen molar-refractivity contribution in [1.82, 2.24) is 0 Å². The van der Waals surface area contributed by atoms with Crippen LogP contribution in [0, 0.1) is 0 Å². The van der Waals surface area contributed by atoms with Crippen LogP contribution in [0.2, 0.25) is 0 Å². The minimum absolute atomic E-state index is 0.0762. The van der Waals surface area contributed by atoms with E-state index in [1.54, 1.807) is 12.1 Å². The van der Waals surface area contributed by atoms with Crippen molar-refractivity contribution in [3.63, 3.8) is 0 Å². The molecule has 0 saturated heterocycles. The van der Waals surface area contributed by atoms with Crippen molar-refractivity contribution < 1.29 is 9.90 Å². The summed E-state index contributed by atoms with van der Waals surface area (Å²) < 4.78 is 0. The van der Waals surface area contributed by atoms with E-state index in [9.17, 15) is 4.79 Å². The Bertz CT molecular complexity index is 1010. The average molecular weight is 368 g/mol. The Morgan fingerprint density at radius 1 is 0.893 bits per heavy atom. The molecule has 0 amide bonds. The quantitative estimate of drug-likeness (QED) is 0.655. The lowest BCUT2D eigenvalue weighted by molar-refractivity contribution is 0.0697. The van der Waals surface area contributed by atoms with E-state index in [0.717, 1.165) is 23.4 Å². The second-order valence-electron chi connectivity index (χ2n) is 6.66. The summed E-state index contributed by atoms with van der Waals surface area (Å²) in [7, 11) is 0. The van der Waals surface area contributed by atoms with Gasteiger partial charge in [-0.2, -0.15) is 5.10 Å². The van der Waals surface area contributed by atoms with Gasteiger partial charge in [-0.1, -0.05) is 66.7 Å². The minimum Gasteiger partial charge on any atom is -0.478 e. The third-order valence-electron chi connectivity index (χ3n) is 4.76. The maximum Gasteiger partial charge on any atom is 0.335 e. The highest BCUT2D eigenvalue weighted by Crippen LogP contribution is 2.35. The first kappa shape index (κ1) is 17.7. The first-order valence-electron chi connectivity index (χ1n) is 9.19. The first-order chi connectivity index (χ1) is 13.7. The Balaban J connectivity index is 1.65. The Labute approximate surface area is 164 Å². The third-order valence-corrected chi connectivity index (χ3v) is 4.76. The van der Waals surface area contributed by atoms with E-state index < -0.39 is 5.97 Å². The predicted molar refractivity (Wildman–Crippen MR) is 113 cm³/mol. The van der Waals surface area contributed by atoms with Crippen LogP contribution in [0.25, 0.3) is 6.08 Å². The van der Waals surface area contributed by atoms with Crippen molar-refractivity contribution in [1.29, 1.82) is 0 Å². The van der Waals surface area contributed by atoms with Gasteiger partial charge in [0.05, 0.1) is 23.0 Å². The van der Waals surface area contributed by atoms with Crippen molar-refractivity contribution in [2.45, 2.75) is 12.5 Å². The van der Waals surface area contributed by atoms with E-state index in [1.165, 1.54) is 5.56 Å². The van der Waals surface area contributed by atoms with E-state index in [1.807, 2.05) is 53.5 Å². The van der Waals surface area contributed by atoms with Crippen LogP contribution in [0.1, 0.15) is 33.9 Å². The number of aromatic carboxylic acids is 1. The number of hydrogen-bond donors (Lipinski definition) is 1. The topological polar surface area (TPSA) is 52.9 Å². The Morgan fingerprint density at radius 2 is 1.54 bits per heavy atom. The highest BCUT2D eigenvalue weighted by Gasteiger charge is 2.28. The highest BCUT2D eigenvalue weighted by atomic mass is 16.4. The first-order valence-corrected chi connectivity index (χ1v) is 9.19. The van der Waals surface area contributed by atoms with Crippen LogP contribution in [0.4, 0.5) is 5.69 Å². The number of benzene rings is 3. The van der Waals surface area contributed by atoms with E-state index in [2.05, 4.69) is 36.4 Å². The van der Waals surface area contributed by atoms with Crippen molar-refractivity contribution >= 4 is 23.4 Å². The standard InChI is InChI=1S/C24H20N2O2/c27-24(28)20-12-15-22(16-13-20)26-23(19-9-5-2-6-10-19)17-21(25-26)14-11-18-7-3-1-4-8-18/h1-16,23H,17H2,(H,27,28). The largest absolute Gasteiger partial charge is 0.478 e. The number of allylic oxidation sites excluding steroid dienone is 1. The fourth-order valence-corrected chi connectivity index (χ4v) is 3.32. The Kier molecular flexibility index (Phi) is 5.02. The summed E-state index contributed by atoms with van der Waals surface area (Å²) in [4.78, 5) is 11.1. The molecule has 4 nitrogen and oxygen atoms in total. The lowest BCUT2D eigenvalue weighted by Crippen LogP contribution is -2.18. The van der Waals surface area contributed by atoms with Gasteiger partial charge in [-0.15, -0.1) is 0 Å². The molecule has 4 rings (SSSR count). The summed E-state index contributed by atoms with van der Waals surface area (Å²) in [6.45, 7) is 0. The smallest absolute Gasteiger partial charge is 0.335 e. The molecular weight excluding hydrogens is 348 g/mol. The SMILES string of the molecule is O=C(O)c1ccc(N2N=C(C=Cc3ccccc3)CC2c2ccccc2)cc1. The molecule has 28 heavy (non-hydrogen) atoms. The molecule has 1 heterocycles. The van der Waals surface area contributed by atoms with Gasteiger partial charge in [0.25, 0.3) is 0 Å². The molecule has 1 aliphatic heterocycles. The fourth-order valence-electron chi connectivity index (χ4n) is 3.32. The van der Waals surface area contributed by atoms with Gasteiger partial charge in [0.1, 0.15) is 0 Å². The summed E-state index contributed by atoms with van der Waals surface area (Å²) in [6.07, 6.45) is 4.91. The van der Waals surface area contributed by atoms with Gasteiger partial charge in [-0.05, 0) is 41.5 Å². The lowest BCUT2D eigenvalue weighted by atomic mass is 10.0. The average Bonchev–Trinajstić information content (AvgIpc) is 3.18.